The maximum atomic E-state index is 13.5. The van der Waals surface area contributed by atoms with E-state index >= 15 is 0 Å². The van der Waals surface area contributed by atoms with Gasteiger partial charge in [0.1, 0.15) is 5.82 Å². The van der Waals surface area contributed by atoms with Crippen LogP contribution in [0.3, 0.4) is 0 Å². The minimum atomic E-state index is -3.83. The predicted molar refractivity (Wildman–Crippen MR) is 114 cm³/mol. The Morgan fingerprint density at radius 3 is 2.60 bits per heavy atom. The molecule has 0 spiro atoms. The fourth-order valence-corrected chi connectivity index (χ4v) is 5.50. The second-order valence-corrected chi connectivity index (χ2v) is 9.77. The number of benzene rings is 2. The van der Waals surface area contributed by atoms with Crippen molar-refractivity contribution in [3.05, 3.63) is 88.8 Å². The van der Waals surface area contributed by atoms with E-state index in [2.05, 4.69) is 10.3 Å². The molecule has 0 radical (unpaired) electrons. The van der Waals surface area contributed by atoms with Crippen molar-refractivity contribution in [3.63, 3.8) is 0 Å². The number of pyridine rings is 1. The Morgan fingerprint density at radius 2 is 1.87 bits per heavy atom. The Hall–Kier alpha value is -3.10. The Morgan fingerprint density at radius 1 is 1.10 bits per heavy atom. The second-order valence-electron chi connectivity index (χ2n) is 6.76. The maximum Gasteiger partial charge on any atom is 0.261 e. The number of rotatable bonds is 5. The molecule has 8 heteroatoms. The molecule has 2 aromatic heterocycles. The summed E-state index contributed by atoms with van der Waals surface area (Å²) in [7, 11) is -3.83. The molecule has 2 heterocycles. The van der Waals surface area contributed by atoms with E-state index < -0.39 is 15.7 Å². The van der Waals surface area contributed by atoms with Gasteiger partial charge >= 0.3 is 0 Å². The van der Waals surface area contributed by atoms with E-state index in [1.165, 1.54) is 35.6 Å². The standard InChI is InChI=1S/C22H17FN2O3S2/c1-14-2-5-17(23)11-21(14)30(27,28)18-6-3-15(4-7-18)12-25-22(26)19-10-16-8-9-24-13-20(16)29-19/h2-11,13H,12H2,1H3,(H,25,26). The van der Waals surface area contributed by atoms with Gasteiger partial charge in [0.15, 0.2) is 0 Å². The van der Waals surface area contributed by atoms with Gasteiger partial charge < -0.3 is 5.32 Å². The SMILES string of the molecule is Cc1ccc(F)cc1S(=O)(=O)c1ccc(CNC(=O)c2cc3ccncc3s2)cc1. The van der Waals surface area contributed by atoms with Crippen molar-refractivity contribution >= 4 is 37.2 Å². The summed E-state index contributed by atoms with van der Waals surface area (Å²) in [6.07, 6.45) is 3.40. The number of carbonyl (C=O) groups excluding carboxylic acids is 1. The number of nitrogens with one attached hydrogen (secondary N) is 1. The van der Waals surface area contributed by atoms with Crippen LogP contribution in [0.2, 0.25) is 0 Å². The number of thiophene rings is 1. The summed E-state index contributed by atoms with van der Waals surface area (Å²) in [4.78, 5) is 17.1. The van der Waals surface area contributed by atoms with Crippen LogP contribution in [-0.2, 0) is 16.4 Å². The van der Waals surface area contributed by atoms with E-state index in [1.54, 1.807) is 31.5 Å². The smallest absolute Gasteiger partial charge is 0.261 e. The third-order valence-electron chi connectivity index (χ3n) is 4.67. The largest absolute Gasteiger partial charge is 0.347 e. The number of sulfone groups is 1. The van der Waals surface area contributed by atoms with Crippen molar-refractivity contribution in [1.82, 2.24) is 10.3 Å². The van der Waals surface area contributed by atoms with Gasteiger partial charge in [-0.15, -0.1) is 11.3 Å². The maximum absolute atomic E-state index is 13.5. The number of hydrogen-bond acceptors (Lipinski definition) is 5. The van der Waals surface area contributed by atoms with Crippen LogP contribution in [0.4, 0.5) is 4.39 Å². The molecule has 152 valence electrons. The second kappa shape index (κ2) is 7.97. The van der Waals surface area contributed by atoms with Gasteiger partial charge in [-0.1, -0.05) is 18.2 Å². The Balaban J connectivity index is 1.48. The van der Waals surface area contributed by atoms with Crippen LogP contribution >= 0.6 is 11.3 Å². The van der Waals surface area contributed by atoms with Crippen molar-refractivity contribution in [1.29, 1.82) is 0 Å². The molecule has 30 heavy (non-hydrogen) atoms. The number of fused-ring (bicyclic) bond motifs is 1. The molecule has 4 aromatic rings. The van der Waals surface area contributed by atoms with Crippen LogP contribution in [0.25, 0.3) is 10.1 Å². The highest BCUT2D eigenvalue weighted by atomic mass is 32.2. The van der Waals surface area contributed by atoms with Gasteiger partial charge in [-0.05, 0) is 59.8 Å². The molecule has 0 fully saturated rings. The highest BCUT2D eigenvalue weighted by Crippen LogP contribution is 2.26. The van der Waals surface area contributed by atoms with Crippen LogP contribution in [0.15, 0.2) is 76.8 Å². The van der Waals surface area contributed by atoms with E-state index in [-0.39, 0.29) is 22.2 Å². The number of aryl methyl sites for hydroxylation is 1. The van der Waals surface area contributed by atoms with Crippen LogP contribution in [0.5, 0.6) is 0 Å². The molecule has 0 aliphatic rings. The highest BCUT2D eigenvalue weighted by molar-refractivity contribution is 7.91. The average Bonchev–Trinajstić information content (AvgIpc) is 3.18. The number of amides is 1. The van der Waals surface area contributed by atoms with Crippen molar-refractivity contribution in [3.8, 4) is 0 Å². The average molecular weight is 441 g/mol. The third-order valence-corrected chi connectivity index (χ3v) is 7.67. The van der Waals surface area contributed by atoms with Crippen molar-refractivity contribution in [2.75, 3.05) is 0 Å². The monoisotopic (exact) mass is 440 g/mol. The van der Waals surface area contributed by atoms with Crippen molar-refractivity contribution in [2.24, 2.45) is 0 Å². The molecule has 1 N–H and O–H groups in total. The Kier molecular flexibility index (Phi) is 5.36. The summed E-state index contributed by atoms with van der Waals surface area (Å²) >= 11 is 1.36. The van der Waals surface area contributed by atoms with Gasteiger partial charge in [0, 0.05) is 18.9 Å². The van der Waals surface area contributed by atoms with Gasteiger partial charge in [-0.2, -0.15) is 0 Å². The van der Waals surface area contributed by atoms with E-state index in [4.69, 9.17) is 0 Å². The summed E-state index contributed by atoms with van der Waals surface area (Å²) in [6.45, 7) is 1.88. The lowest BCUT2D eigenvalue weighted by molar-refractivity contribution is 0.0955. The molecule has 0 atom stereocenters. The zero-order chi connectivity index (χ0) is 21.3. The van der Waals surface area contributed by atoms with Crippen molar-refractivity contribution in [2.45, 2.75) is 23.3 Å². The first-order chi connectivity index (χ1) is 14.3. The molecule has 0 saturated heterocycles. The Labute approximate surface area is 177 Å². The van der Waals surface area contributed by atoms with E-state index in [0.29, 0.717) is 10.4 Å². The number of nitrogens with zero attached hydrogens (tertiary/aromatic N) is 1. The van der Waals surface area contributed by atoms with Crippen LogP contribution in [-0.4, -0.2) is 19.3 Å². The van der Waals surface area contributed by atoms with Crippen LogP contribution < -0.4 is 5.32 Å². The zero-order valence-electron chi connectivity index (χ0n) is 15.9. The topological polar surface area (TPSA) is 76.1 Å². The molecular formula is C22H17FN2O3S2. The van der Waals surface area contributed by atoms with Gasteiger partial charge in [0.05, 0.1) is 19.4 Å². The fourth-order valence-electron chi connectivity index (χ4n) is 3.04. The first kappa shape index (κ1) is 20.2. The lowest BCUT2D eigenvalue weighted by Gasteiger charge is -2.09. The Bertz CT molecular complexity index is 1310. The summed E-state index contributed by atoms with van der Waals surface area (Å²) in [6, 6.07) is 13.6. The van der Waals surface area contributed by atoms with Crippen LogP contribution in [0, 0.1) is 12.7 Å². The molecule has 1 amide bonds. The number of hydrogen-bond donors (Lipinski definition) is 1. The summed E-state index contributed by atoms with van der Waals surface area (Å²) in [5.41, 5.74) is 1.23. The summed E-state index contributed by atoms with van der Waals surface area (Å²) in [5.74, 6) is -0.807. The molecule has 2 aromatic carbocycles. The molecule has 4 rings (SSSR count). The first-order valence-corrected chi connectivity index (χ1v) is 11.4. The third kappa shape index (κ3) is 3.96. The lowest BCUT2D eigenvalue weighted by atomic mass is 10.2. The first-order valence-electron chi connectivity index (χ1n) is 9.06. The van der Waals surface area contributed by atoms with Gasteiger partial charge in [0.25, 0.3) is 5.91 Å². The minimum Gasteiger partial charge on any atom is -0.347 e. The van der Waals surface area contributed by atoms with Crippen LogP contribution in [0.1, 0.15) is 20.8 Å². The number of halogens is 1. The molecule has 0 aliphatic carbocycles. The molecular weight excluding hydrogens is 423 g/mol. The predicted octanol–water partition coefficient (Wildman–Crippen LogP) is 4.51. The zero-order valence-corrected chi connectivity index (χ0v) is 17.6. The summed E-state index contributed by atoms with van der Waals surface area (Å²) < 4.78 is 40.1. The molecule has 0 saturated carbocycles. The molecule has 0 aliphatic heterocycles. The van der Waals surface area contributed by atoms with Gasteiger partial charge in [-0.25, -0.2) is 12.8 Å². The van der Waals surface area contributed by atoms with E-state index in [0.717, 1.165) is 21.7 Å². The summed E-state index contributed by atoms with van der Waals surface area (Å²) in [5, 5.41) is 3.80. The highest BCUT2D eigenvalue weighted by Gasteiger charge is 2.20. The normalized spacial score (nSPS) is 11.5. The molecule has 0 unspecified atom stereocenters. The molecule has 5 nitrogen and oxygen atoms in total. The van der Waals surface area contributed by atoms with Crippen molar-refractivity contribution < 1.29 is 17.6 Å². The van der Waals surface area contributed by atoms with E-state index in [1.807, 2.05) is 12.1 Å². The van der Waals surface area contributed by atoms with Gasteiger partial charge in [0.2, 0.25) is 9.84 Å². The number of carbonyl (C=O) groups is 1. The molecule has 0 bridgehead atoms. The fraction of sp³-hybridized carbons (Fsp3) is 0.0909. The lowest BCUT2D eigenvalue weighted by Crippen LogP contribution is -2.21. The van der Waals surface area contributed by atoms with E-state index in [9.17, 15) is 17.6 Å². The minimum absolute atomic E-state index is 0.0530. The quantitative estimate of drug-likeness (QED) is 0.496. The van der Waals surface area contributed by atoms with Gasteiger partial charge in [-0.3, -0.25) is 9.78 Å². The number of aromatic nitrogens is 1.